The van der Waals surface area contributed by atoms with Crippen LogP contribution in [0, 0.1) is 0 Å². The molecule has 0 unspecified atom stereocenters. The smallest absolute Gasteiger partial charge is 0.217 e. The number of primary amides is 1. The number of carbonyl (C=O) groups excluding carboxylic acids is 1. The first-order valence-corrected chi connectivity index (χ1v) is 9.29. The third-order valence-electron chi connectivity index (χ3n) is 3.44. The Kier molecular flexibility index (Phi) is 5.27. The highest BCUT2D eigenvalue weighted by atomic mass is 32.2. The van der Waals surface area contributed by atoms with E-state index in [1.54, 1.807) is 23.1 Å². The summed E-state index contributed by atoms with van der Waals surface area (Å²) in [5.74, 6) is 1.16. The topological polar surface area (TPSA) is 86.7 Å². The van der Waals surface area contributed by atoms with E-state index in [2.05, 4.69) is 32.7 Å². The van der Waals surface area contributed by atoms with Gasteiger partial charge in [-0.05, 0) is 0 Å². The molecule has 2 heterocycles. The number of thiazole rings is 1. The predicted octanol–water partition coefficient (Wildman–Crippen LogP) is 2.65. The predicted molar refractivity (Wildman–Crippen MR) is 95.6 cm³/mol. The molecule has 6 nitrogen and oxygen atoms in total. The van der Waals surface area contributed by atoms with Crippen LogP contribution >= 0.6 is 23.1 Å². The van der Waals surface area contributed by atoms with Gasteiger partial charge < -0.3 is 10.3 Å². The van der Waals surface area contributed by atoms with E-state index in [1.807, 2.05) is 29.8 Å². The lowest BCUT2D eigenvalue weighted by Gasteiger charge is -2.02. The number of nitrogens with zero attached hydrogens (tertiary/aromatic N) is 4. The number of aryl methyl sites for hydroxylation is 1. The number of rotatable bonds is 7. The molecular formula is C16H17N5OS2. The molecule has 0 saturated carbocycles. The Morgan fingerprint density at radius 3 is 2.83 bits per heavy atom. The molecule has 2 aromatic heterocycles. The first kappa shape index (κ1) is 16.7. The lowest BCUT2D eigenvalue weighted by molar-refractivity contribution is -0.118. The van der Waals surface area contributed by atoms with Gasteiger partial charge in [-0.25, -0.2) is 4.98 Å². The molecule has 0 bridgehead atoms. The van der Waals surface area contributed by atoms with E-state index in [0.717, 1.165) is 33.0 Å². The Labute approximate surface area is 148 Å². The first-order valence-electron chi connectivity index (χ1n) is 7.42. The average Bonchev–Trinajstić information content (AvgIpc) is 3.19. The minimum Gasteiger partial charge on any atom is -0.370 e. The van der Waals surface area contributed by atoms with Crippen LogP contribution in [0.25, 0.3) is 10.6 Å². The maximum Gasteiger partial charge on any atom is 0.217 e. The van der Waals surface area contributed by atoms with Crippen molar-refractivity contribution in [3.05, 3.63) is 47.2 Å². The van der Waals surface area contributed by atoms with Gasteiger partial charge in [-0.3, -0.25) is 4.79 Å². The highest BCUT2D eigenvalue weighted by molar-refractivity contribution is 7.98. The second-order valence-corrected chi connectivity index (χ2v) is 7.02. The van der Waals surface area contributed by atoms with Crippen LogP contribution in [-0.2, 0) is 24.0 Å². The van der Waals surface area contributed by atoms with Crippen molar-refractivity contribution < 1.29 is 4.79 Å². The summed E-state index contributed by atoms with van der Waals surface area (Å²) in [5, 5.41) is 12.2. The zero-order valence-corrected chi connectivity index (χ0v) is 14.8. The van der Waals surface area contributed by atoms with E-state index in [4.69, 9.17) is 5.73 Å². The van der Waals surface area contributed by atoms with E-state index < -0.39 is 0 Å². The zero-order valence-electron chi connectivity index (χ0n) is 13.2. The molecule has 0 saturated heterocycles. The molecular weight excluding hydrogens is 342 g/mol. The normalized spacial score (nSPS) is 10.9. The summed E-state index contributed by atoms with van der Waals surface area (Å²) in [7, 11) is 1.90. The quantitative estimate of drug-likeness (QED) is 0.655. The van der Waals surface area contributed by atoms with E-state index in [0.29, 0.717) is 6.42 Å². The van der Waals surface area contributed by atoms with Gasteiger partial charge in [0.05, 0.1) is 5.69 Å². The molecule has 3 rings (SSSR count). The van der Waals surface area contributed by atoms with Crippen LogP contribution in [0.5, 0.6) is 0 Å². The maximum atomic E-state index is 10.9. The first-order chi connectivity index (χ1) is 11.6. The van der Waals surface area contributed by atoms with Crippen LogP contribution in [0.4, 0.5) is 0 Å². The number of hydrogen-bond donors (Lipinski definition) is 1. The van der Waals surface area contributed by atoms with Crippen molar-refractivity contribution >= 4 is 29.0 Å². The minimum absolute atomic E-state index is 0.281. The number of hydrogen-bond acceptors (Lipinski definition) is 6. The molecule has 3 aromatic rings. The highest BCUT2D eigenvalue weighted by Gasteiger charge is 2.11. The Hall–Kier alpha value is -2.19. The lowest BCUT2D eigenvalue weighted by atomic mass is 10.2. The standard InChI is InChI=1S/C16H17N5OS2/c1-21-14(8-7-13(17)22)19-20-16(21)24-10-12-9-23-15(18-12)11-5-3-2-4-6-11/h2-6,9H,7-8,10H2,1H3,(H2,17,22). The van der Waals surface area contributed by atoms with Crippen molar-refractivity contribution in [3.63, 3.8) is 0 Å². The molecule has 124 valence electrons. The van der Waals surface area contributed by atoms with Gasteiger partial charge in [0.25, 0.3) is 0 Å². The fourth-order valence-electron chi connectivity index (χ4n) is 2.15. The van der Waals surface area contributed by atoms with Crippen molar-refractivity contribution in [2.24, 2.45) is 12.8 Å². The van der Waals surface area contributed by atoms with Gasteiger partial charge in [0, 0.05) is 36.6 Å². The molecule has 0 aliphatic rings. The second-order valence-electron chi connectivity index (χ2n) is 5.22. The molecule has 2 N–H and O–H groups in total. The molecule has 0 spiro atoms. The molecule has 24 heavy (non-hydrogen) atoms. The third-order valence-corrected chi connectivity index (χ3v) is 5.44. The number of aromatic nitrogens is 4. The summed E-state index contributed by atoms with van der Waals surface area (Å²) >= 11 is 3.22. The Balaban J connectivity index is 1.62. The van der Waals surface area contributed by atoms with Gasteiger partial charge in [0.2, 0.25) is 5.91 Å². The summed E-state index contributed by atoms with van der Waals surface area (Å²) in [5.41, 5.74) is 7.32. The van der Waals surface area contributed by atoms with Crippen molar-refractivity contribution in [1.29, 1.82) is 0 Å². The molecule has 1 aromatic carbocycles. The van der Waals surface area contributed by atoms with Gasteiger partial charge >= 0.3 is 0 Å². The number of benzene rings is 1. The van der Waals surface area contributed by atoms with Crippen LogP contribution in [0.1, 0.15) is 17.9 Å². The van der Waals surface area contributed by atoms with Crippen LogP contribution in [0.15, 0.2) is 40.9 Å². The minimum atomic E-state index is -0.330. The van der Waals surface area contributed by atoms with Crippen LogP contribution in [-0.4, -0.2) is 25.7 Å². The van der Waals surface area contributed by atoms with Crippen LogP contribution < -0.4 is 5.73 Å². The number of carbonyl (C=O) groups is 1. The molecule has 0 aliphatic carbocycles. The summed E-state index contributed by atoms with van der Waals surface area (Å²) in [4.78, 5) is 15.5. The Bertz CT molecular complexity index is 828. The summed E-state index contributed by atoms with van der Waals surface area (Å²) in [6.45, 7) is 0. The van der Waals surface area contributed by atoms with Gasteiger partial charge in [-0.2, -0.15) is 0 Å². The van der Waals surface area contributed by atoms with Crippen molar-refractivity contribution in [2.45, 2.75) is 23.8 Å². The monoisotopic (exact) mass is 359 g/mol. The van der Waals surface area contributed by atoms with E-state index in [-0.39, 0.29) is 12.3 Å². The van der Waals surface area contributed by atoms with Crippen molar-refractivity contribution in [2.75, 3.05) is 0 Å². The van der Waals surface area contributed by atoms with Gasteiger partial charge in [-0.15, -0.1) is 21.5 Å². The second kappa shape index (κ2) is 7.59. The van der Waals surface area contributed by atoms with Gasteiger partial charge in [-0.1, -0.05) is 42.1 Å². The SMILES string of the molecule is Cn1c(CCC(N)=O)nnc1SCc1csc(-c2ccccc2)n1. The largest absolute Gasteiger partial charge is 0.370 e. The van der Waals surface area contributed by atoms with E-state index >= 15 is 0 Å². The Morgan fingerprint density at radius 1 is 1.29 bits per heavy atom. The maximum absolute atomic E-state index is 10.9. The number of nitrogens with two attached hydrogens (primary N) is 1. The number of thioether (sulfide) groups is 1. The van der Waals surface area contributed by atoms with Gasteiger partial charge in [0.15, 0.2) is 5.16 Å². The van der Waals surface area contributed by atoms with Crippen LogP contribution in [0.3, 0.4) is 0 Å². The molecule has 1 amide bonds. The van der Waals surface area contributed by atoms with Crippen molar-refractivity contribution in [1.82, 2.24) is 19.7 Å². The molecule has 0 atom stereocenters. The molecule has 0 aliphatic heterocycles. The fraction of sp³-hybridized carbons (Fsp3) is 0.250. The molecule has 0 fully saturated rings. The lowest BCUT2D eigenvalue weighted by Crippen LogP contribution is -2.12. The Morgan fingerprint density at radius 2 is 2.08 bits per heavy atom. The van der Waals surface area contributed by atoms with E-state index in [9.17, 15) is 4.79 Å². The molecule has 8 heteroatoms. The zero-order chi connectivity index (χ0) is 16.9. The number of amides is 1. The van der Waals surface area contributed by atoms with Crippen LogP contribution in [0.2, 0.25) is 0 Å². The highest BCUT2D eigenvalue weighted by Crippen LogP contribution is 2.27. The van der Waals surface area contributed by atoms with E-state index in [1.165, 1.54) is 0 Å². The summed E-state index contributed by atoms with van der Waals surface area (Å²) in [6.07, 6.45) is 0.789. The third kappa shape index (κ3) is 4.01. The van der Waals surface area contributed by atoms with Crippen molar-refractivity contribution in [3.8, 4) is 10.6 Å². The average molecular weight is 359 g/mol. The van der Waals surface area contributed by atoms with Gasteiger partial charge in [0.1, 0.15) is 10.8 Å². The molecule has 0 radical (unpaired) electrons. The fourth-order valence-corrected chi connectivity index (χ4v) is 3.90. The summed E-state index contributed by atoms with van der Waals surface area (Å²) < 4.78 is 1.90. The summed E-state index contributed by atoms with van der Waals surface area (Å²) in [6, 6.07) is 10.1.